The third kappa shape index (κ3) is 10.8. The lowest BCUT2D eigenvalue weighted by Crippen LogP contribution is -2.45. The van der Waals surface area contributed by atoms with Gasteiger partial charge >= 0.3 is 12.2 Å². The number of nitrogens with one attached hydrogen (secondary N) is 1. The number of benzene rings is 1. The second kappa shape index (κ2) is 12.9. The van der Waals surface area contributed by atoms with E-state index < -0.39 is 35.3 Å². The summed E-state index contributed by atoms with van der Waals surface area (Å²) in [5, 5.41) is 7.70. The van der Waals surface area contributed by atoms with Crippen molar-refractivity contribution in [2.24, 2.45) is 4.99 Å². The Hall–Kier alpha value is -2.88. The Morgan fingerprint density at radius 1 is 1.08 bits per heavy atom. The molecule has 0 aliphatic carbocycles. The second-order valence-corrected chi connectivity index (χ2v) is 10.6. The Bertz CT molecular complexity index is 942. The van der Waals surface area contributed by atoms with Crippen LogP contribution in [0.15, 0.2) is 17.1 Å². The molecule has 2 amide bonds. The molecule has 1 aromatic carbocycles. The van der Waals surface area contributed by atoms with Gasteiger partial charge in [-0.15, -0.1) is 0 Å². The number of aliphatic imine (C=N–C) groups is 1. The van der Waals surface area contributed by atoms with E-state index in [4.69, 9.17) is 36.0 Å². The summed E-state index contributed by atoms with van der Waals surface area (Å²) in [6, 6.07) is 2.45. The predicted octanol–water partition coefficient (Wildman–Crippen LogP) is 6.56. The topological polar surface area (TPSA) is 111 Å². The van der Waals surface area contributed by atoms with E-state index >= 15 is 0 Å². The number of carbonyl (C=O) groups is 2. The summed E-state index contributed by atoms with van der Waals surface area (Å²) in [5.41, 5.74) is -1.52. The van der Waals surface area contributed by atoms with Gasteiger partial charge in [-0.3, -0.25) is 10.4 Å². The Morgan fingerprint density at radius 3 is 2.08 bits per heavy atom. The fourth-order valence-electron chi connectivity index (χ4n) is 2.69. The van der Waals surface area contributed by atoms with Crippen molar-refractivity contribution in [2.75, 3.05) is 13.2 Å². The number of halogens is 2. The van der Waals surface area contributed by atoms with Crippen molar-refractivity contribution in [3.8, 4) is 5.75 Å². The number of rotatable bonds is 8. The molecule has 36 heavy (non-hydrogen) atoms. The first-order valence-electron chi connectivity index (χ1n) is 11.5. The van der Waals surface area contributed by atoms with Crippen LogP contribution in [-0.4, -0.2) is 59.6 Å². The van der Waals surface area contributed by atoms with Gasteiger partial charge in [0.1, 0.15) is 35.5 Å². The van der Waals surface area contributed by atoms with Gasteiger partial charge in [-0.05, 0) is 74.4 Å². The summed E-state index contributed by atoms with van der Waals surface area (Å²) in [6.45, 7) is 14.9. The van der Waals surface area contributed by atoms with Crippen LogP contribution in [-0.2, 0) is 14.2 Å². The van der Waals surface area contributed by atoms with Gasteiger partial charge in [0, 0.05) is 6.04 Å². The SMILES string of the molecule is CC(C)/N=C\C(=N)OC(C)c1c(OCCN(C(=O)OC(C)(C)C)C(=O)OC(C)(C)C)ccc(F)c1Cl. The summed E-state index contributed by atoms with van der Waals surface area (Å²) in [7, 11) is 0. The second-order valence-electron chi connectivity index (χ2n) is 10.2. The van der Waals surface area contributed by atoms with Crippen molar-refractivity contribution in [1.82, 2.24) is 4.90 Å². The number of hydrogen-bond acceptors (Lipinski definition) is 8. The van der Waals surface area contributed by atoms with Crippen LogP contribution >= 0.6 is 11.6 Å². The highest BCUT2D eigenvalue weighted by Gasteiger charge is 2.31. The number of carbonyl (C=O) groups excluding carboxylic acids is 2. The van der Waals surface area contributed by atoms with Crippen molar-refractivity contribution >= 4 is 35.9 Å². The van der Waals surface area contributed by atoms with Gasteiger partial charge in [0.15, 0.2) is 0 Å². The quantitative estimate of drug-likeness (QED) is 0.301. The molecule has 0 saturated heterocycles. The molecule has 0 radical (unpaired) electrons. The minimum absolute atomic E-state index is 0.0289. The molecule has 11 heteroatoms. The van der Waals surface area contributed by atoms with E-state index in [1.165, 1.54) is 12.3 Å². The highest BCUT2D eigenvalue weighted by molar-refractivity contribution is 6.31. The van der Waals surface area contributed by atoms with Gasteiger partial charge in [-0.1, -0.05) is 11.6 Å². The number of nitrogens with zero attached hydrogens (tertiary/aromatic N) is 2. The van der Waals surface area contributed by atoms with Crippen LogP contribution in [0.4, 0.5) is 14.0 Å². The average Bonchev–Trinajstić information content (AvgIpc) is 2.69. The first-order chi connectivity index (χ1) is 16.4. The Kier molecular flexibility index (Phi) is 11.2. The van der Waals surface area contributed by atoms with E-state index in [1.807, 2.05) is 13.8 Å². The lowest BCUT2D eigenvalue weighted by Gasteiger charge is -2.28. The van der Waals surface area contributed by atoms with Gasteiger partial charge in [-0.2, -0.15) is 0 Å². The normalized spacial score (nSPS) is 12.9. The van der Waals surface area contributed by atoms with Crippen molar-refractivity contribution in [2.45, 2.75) is 85.7 Å². The Morgan fingerprint density at radius 2 is 1.61 bits per heavy atom. The van der Waals surface area contributed by atoms with Crippen LogP contribution in [0, 0.1) is 11.2 Å². The maximum Gasteiger partial charge on any atom is 0.419 e. The monoisotopic (exact) mass is 529 g/mol. The molecule has 0 aromatic heterocycles. The van der Waals surface area contributed by atoms with Crippen LogP contribution in [0.3, 0.4) is 0 Å². The molecule has 1 atom stereocenters. The van der Waals surface area contributed by atoms with E-state index in [0.29, 0.717) is 0 Å². The molecule has 1 N–H and O–H groups in total. The molecular weight excluding hydrogens is 493 g/mol. The lowest BCUT2D eigenvalue weighted by molar-refractivity contribution is -0.000748. The highest BCUT2D eigenvalue weighted by atomic mass is 35.5. The molecule has 0 aliphatic rings. The molecule has 0 heterocycles. The fraction of sp³-hybridized carbons (Fsp3) is 0.600. The van der Waals surface area contributed by atoms with Crippen molar-refractivity contribution in [1.29, 1.82) is 5.41 Å². The van der Waals surface area contributed by atoms with E-state index in [9.17, 15) is 14.0 Å². The molecule has 1 rings (SSSR count). The van der Waals surface area contributed by atoms with Crippen LogP contribution in [0.2, 0.25) is 5.02 Å². The summed E-state index contributed by atoms with van der Waals surface area (Å²) >= 11 is 6.19. The molecule has 9 nitrogen and oxygen atoms in total. The van der Waals surface area contributed by atoms with Crippen molar-refractivity contribution in [3.63, 3.8) is 0 Å². The molecule has 0 spiro atoms. The summed E-state index contributed by atoms with van der Waals surface area (Å²) in [4.78, 5) is 30.2. The van der Waals surface area contributed by atoms with E-state index in [-0.39, 0.29) is 41.4 Å². The summed E-state index contributed by atoms with van der Waals surface area (Å²) in [5.74, 6) is -0.764. The zero-order chi connectivity index (χ0) is 27.8. The largest absolute Gasteiger partial charge is 0.491 e. The van der Waals surface area contributed by atoms with Crippen molar-refractivity contribution in [3.05, 3.63) is 28.5 Å². The van der Waals surface area contributed by atoms with Gasteiger partial charge < -0.3 is 18.9 Å². The zero-order valence-electron chi connectivity index (χ0n) is 22.4. The maximum atomic E-state index is 14.2. The van der Waals surface area contributed by atoms with Gasteiger partial charge in [-0.25, -0.2) is 18.9 Å². The minimum atomic E-state index is -0.896. The highest BCUT2D eigenvalue weighted by Crippen LogP contribution is 2.36. The van der Waals surface area contributed by atoms with E-state index in [1.54, 1.807) is 48.5 Å². The number of amides is 2. The van der Waals surface area contributed by atoms with Gasteiger partial charge in [0.05, 0.1) is 23.3 Å². The van der Waals surface area contributed by atoms with Gasteiger partial charge in [0.25, 0.3) is 0 Å². The van der Waals surface area contributed by atoms with Crippen LogP contribution in [0.1, 0.15) is 74.0 Å². The third-order valence-electron chi connectivity index (χ3n) is 4.09. The zero-order valence-corrected chi connectivity index (χ0v) is 23.2. The molecule has 1 aromatic rings. The number of ether oxygens (including phenoxy) is 4. The molecule has 202 valence electrons. The fourth-order valence-corrected chi connectivity index (χ4v) is 3.00. The third-order valence-corrected chi connectivity index (χ3v) is 4.48. The van der Waals surface area contributed by atoms with Crippen molar-refractivity contribution < 1.29 is 32.9 Å². The Labute approximate surface area is 217 Å². The molecular formula is C25H37ClFN3O6. The maximum absolute atomic E-state index is 14.2. The van der Waals surface area contributed by atoms with Crippen LogP contribution < -0.4 is 4.74 Å². The standard InChI is InChI=1S/C25H37ClFN3O6/c1-15(2)29-14-19(28)34-16(3)20-18(11-10-17(27)21(20)26)33-13-12-30(22(31)35-24(4,5)6)23(32)36-25(7,8)9/h10-11,14-16,28H,12-13H2,1-9H3/b28-19?,29-14-. The summed E-state index contributed by atoms with van der Waals surface area (Å²) in [6.07, 6.45) is -1.39. The molecule has 0 saturated carbocycles. The predicted molar refractivity (Wildman–Crippen MR) is 137 cm³/mol. The number of hydrogen-bond donors (Lipinski definition) is 1. The average molecular weight is 530 g/mol. The smallest absolute Gasteiger partial charge is 0.419 e. The lowest BCUT2D eigenvalue weighted by atomic mass is 10.1. The number of imide groups is 1. The Balaban J connectivity index is 3.09. The molecule has 0 aliphatic heterocycles. The molecule has 0 fully saturated rings. The van der Waals surface area contributed by atoms with Crippen LogP contribution in [0.5, 0.6) is 5.75 Å². The van der Waals surface area contributed by atoms with Gasteiger partial charge in [0.2, 0.25) is 5.90 Å². The summed E-state index contributed by atoms with van der Waals surface area (Å²) < 4.78 is 36.2. The van der Waals surface area contributed by atoms with Crippen LogP contribution in [0.25, 0.3) is 0 Å². The first-order valence-corrected chi connectivity index (χ1v) is 11.9. The van der Waals surface area contributed by atoms with E-state index in [2.05, 4.69) is 4.99 Å². The molecule has 1 unspecified atom stereocenters. The molecule has 0 bridgehead atoms. The minimum Gasteiger partial charge on any atom is -0.491 e. The first kappa shape index (κ1) is 31.2. The van der Waals surface area contributed by atoms with E-state index in [0.717, 1.165) is 11.0 Å².